The number of carbonyl (C=O) groups excluding carboxylic acids is 2. The Labute approximate surface area is 102 Å². The fraction of sp³-hybridized carbons (Fsp3) is 0.0769. The number of pyridine rings is 1. The molecule has 86 valence electrons. The lowest BCUT2D eigenvalue weighted by molar-refractivity contribution is 0.0811. The minimum absolute atomic E-state index is 0.0536. The average molecular weight is 238 g/mol. The number of aromatic nitrogens is 1. The first-order chi connectivity index (χ1) is 8.65. The van der Waals surface area contributed by atoms with Crippen molar-refractivity contribution < 1.29 is 14.0 Å². The van der Waals surface area contributed by atoms with Gasteiger partial charge in [-0.1, -0.05) is 0 Å². The summed E-state index contributed by atoms with van der Waals surface area (Å²) in [5.74, 6) is -1.01. The van der Waals surface area contributed by atoms with Gasteiger partial charge in [-0.05, 0) is 19.1 Å². The van der Waals surface area contributed by atoms with E-state index in [1.165, 1.54) is 6.20 Å². The number of hydrogen-bond acceptors (Lipinski definition) is 5. The van der Waals surface area contributed by atoms with E-state index in [0.29, 0.717) is 11.1 Å². The highest BCUT2D eigenvalue weighted by atomic mass is 16.3. The van der Waals surface area contributed by atoms with E-state index in [0.717, 1.165) is 0 Å². The summed E-state index contributed by atoms with van der Waals surface area (Å²) in [5.41, 5.74) is 1.12. The van der Waals surface area contributed by atoms with E-state index in [9.17, 15) is 9.59 Å². The highest BCUT2D eigenvalue weighted by molar-refractivity contribution is 6.52. The molecule has 18 heavy (non-hydrogen) atoms. The van der Waals surface area contributed by atoms with Crippen molar-refractivity contribution in [2.45, 2.75) is 6.92 Å². The molecule has 1 aliphatic carbocycles. The maximum atomic E-state index is 12.0. The molecule has 0 amide bonds. The summed E-state index contributed by atoms with van der Waals surface area (Å²) in [5, 5.41) is 8.91. The highest BCUT2D eigenvalue weighted by Gasteiger charge is 2.36. The van der Waals surface area contributed by atoms with Crippen LogP contribution in [0.1, 0.15) is 32.2 Å². The zero-order valence-electron chi connectivity index (χ0n) is 9.35. The Morgan fingerprint density at radius 3 is 2.83 bits per heavy atom. The molecule has 2 aromatic heterocycles. The molecule has 0 aromatic carbocycles. The third-order valence-corrected chi connectivity index (χ3v) is 2.95. The zero-order valence-corrected chi connectivity index (χ0v) is 9.35. The summed E-state index contributed by atoms with van der Waals surface area (Å²) in [6.45, 7) is 1.59. The van der Waals surface area contributed by atoms with E-state index < -0.39 is 11.6 Å². The van der Waals surface area contributed by atoms with Crippen LogP contribution >= 0.6 is 0 Å². The lowest BCUT2D eigenvalue weighted by Gasteiger charge is -2.11. The number of ketones is 2. The van der Waals surface area contributed by atoms with Crippen molar-refractivity contribution in [3.05, 3.63) is 40.9 Å². The van der Waals surface area contributed by atoms with Crippen LogP contribution in [0.5, 0.6) is 0 Å². The van der Waals surface area contributed by atoms with E-state index in [2.05, 4.69) is 4.98 Å². The molecule has 2 aromatic rings. The van der Waals surface area contributed by atoms with Crippen molar-refractivity contribution in [2.75, 3.05) is 0 Å². The van der Waals surface area contributed by atoms with Crippen LogP contribution in [-0.4, -0.2) is 16.6 Å². The second-order valence-electron chi connectivity index (χ2n) is 3.93. The van der Waals surface area contributed by atoms with Crippen LogP contribution in [0.3, 0.4) is 0 Å². The summed E-state index contributed by atoms with van der Waals surface area (Å²) in [6, 6.07) is 5.16. The van der Waals surface area contributed by atoms with Crippen molar-refractivity contribution in [3.63, 3.8) is 0 Å². The number of furan rings is 1. The molecular weight excluding hydrogens is 232 g/mol. The van der Waals surface area contributed by atoms with Crippen molar-refractivity contribution in [1.29, 1.82) is 5.26 Å². The van der Waals surface area contributed by atoms with Crippen molar-refractivity contribution in [1.82, 2.24) is 4.98 Å². The normalized spacial score (nSPS) is 12.9. The Hall–Kier alpha value is -2.74. The lowest BCUT2D eigenvalue weighted by atomic mass is 9.90. The second-order valence-corrected chi connectivity index (χ2v) is 3.93. The smallest absolute Gasteiger partial charge is 0.252 e. The van der Waals surface area contributed by atoms with Crippen LogP contribution in [-0.2, 0) is 0 Å². The van der Waals surface area contributed by atoms with Crippen LogP contribution in [0.2, 0.25) is 0 Å². The second kappa shape index (κ2) is 3.37. The Balaban J connectivity index is 2.44. The summed E-state index contributed by atoms with van der Waals surface area (Å²) in [6.07, 6.45) is 1.44. The number of nitriles is 1. The number of nitrogens with zero attached hydrogens (tertiary/aromatic N) is 2. The zero-order chi connectivity index (χ0) is 12.9. The summed E-state index contributed by atoms with van der Waals surface area (Å²) < 4.78 is 5.36. The molecule has 0 saturated carbocycles. The molecule has 2 heterocycles. The molecule has 0 radical (unpaired) electrons. The standard InChI is InChI=1S/C13H6N2O3/c1-6-8(5-14)18-13-7-3-2-4-15-10(7)12(17)11(16)9(6)13/h2-4H,1H3. The lowest BCUT2D eigenvalue weighted by Crippen LogP contribution is -2.22. The van der Waals surface area contributed by atoms with E-state index in [4.69, 9.17) is 9.68 Å². The Morgan fingerprint density at radius 2 is 2.11 bits per heavy atom. The van der Waals surface area contributed by atoms with Gasteiger partial charge in [0.15, 0.2) is 0 Å². The van der Waals surface area contributed by atoms with Gasteiger partial charge in [0.2, 0.25) is 11.5 Å². The monoisotopic (exact) mass is 238 g/mol. The minimum Gasteiger partial charge on any atom is -0.444 e. The van der Waals surface area contributed by atoms with E-state index in [-0.39, 0.29) is 22.8 Å². The van der Waals surface area contributed by atoms with Gasteiger partial charge in [-0.25, -0.2) is 0 Å². The van der Waals surface area contributed by atoms with Crippen molar-refractivity contribution >= 4 is 11.6 Å². The first-order valence-corrected chi connectivity index (χ1v) is 5.23. The highest BCUT2D eigenvalue weighted by Crippen LogP contribution is 2.37. The van der Waals surface area contributed by atoms with Gasteiger partial charge in [-0.3, -0.25) is 14.6 Å². The van der Waals surface area contributed by atoms with Crippen molar-refractivity contribution in [3.8, 4) is 17.4 Å². The third kappa shape index (κ3) is 1.12. The van der Waals surface area contributed by atoms with Gasteiger partial charge in [0.1, 0.15) is 17.5 Å². The quantitative estimate of drug-likeness (QED) is 0.654. The molecule has 0 spiro atoms. The molecule has 0 unspecified atom stereocenters. The molecule has 5 heteroatoms. The van der Waals surface area contributed by atoms with Gasteiger partial charge in [-0.2, -0.15) is 5.26 Å². The first kappa shape index (κ1) is 10.4. The first-order valence-electron chi connectivity index (χ1n) is 5.23. The van der Waals surface area contributed by atoms with Crippen LogP contribution in [0.15, 0.2) is 22.7 Å². The molecule has 0 bridgehead atoms. The maximum absolute atomic E-state index is 12.0. The Kier molecular flexibility index (Phi) is 1.95. The van der Waals surface area contributed by atoms with E-state index in [1.807, 2.05) is 6.07 Å². The molecule has 0 saturated heterocycles. The molecular formula is C13H6N2O3. The van der Waals surface area contributed by atoms with Gasteiger partial charge in [-0.15, -0.1) is 0 Å². The van der Waals surface area contributed by atoms with Gasteiger partial charge in [0.25, 0.3) is 5.78 Å². The number of hydrogen-bond donors (Lipinski definition) is 0. The fourth-order valence-corrected chi connectivity index (χ4v) is 2.07. The van der Waals surface area contributed by atoms with Crippen LogP contribution < -0.4 is 0 Å². The Morgan fingerprint density at radius 1 is 1.33 bits per heavy atom. The molecule has 3 rings (SSSR count). The van der Waals surface area contributed by atoms with Gasteiger partial charge < -0.3 is 4.42 Å². The summed E-state index contributed by atoms with van der Waals surface area (Å²) in [4.78, 5) is 27.8. The van der Waals surface area contributed by atoms with Gasteiger partial charge in [0.05, 0.1) is 5.56 Å². The Bertz CT molecular complexity index is 750. The topological polar surface area (TPSA) is 84.0 Å². The number of Topliss-reactive ketones (excluding diaryl/α,β-unsaturated/α-hetero) is 2. The van der Waals surface area contributed by atoms with Crippen molar-refractivity contribution in [2.24, 2.45) is 0 Å². The third-order valence-electron chi connectivity index (χ3n) is 2.95. The molecule has 1 aliphatic rings. The van der Waals surface area contributed by atoms with Gasteiger partial charge in [0, 0.05) is 17.3 Å². The number of fused-ring (bicyclic) bond motifs is 3. The largest absolute Gasteiger partial charge is 0.444 e. The molecule has 5 nitrogen and oxygen atoms in total. The van der Waals surface area contributed by atoms with Crippen LogP contribution in [0.4, 0.5) is 0 Å². The molecule has 0 fully saturated rings. The van der Waals surface area contributed by atoms with Crippen LogP contribution in [0, 0.1) is 18.3 Å². The SMILES string of the molecule is Cc1c(C#N)oc2c1C(=O)C(=O)c1ncccc1-2. The van der Waals surface area contributed by atoms with E-state index in [1.54, 1.807) is 19.1 Å². The maximum Gasteiger partial charge on any atom is 0.252 e. The average Bonchev–Trinajstić information content (AvgIpc) is 2.73. The van der Waals surface area contributed by atoms with Crippen LogP contribution in [0.25, 0.3) is 11.3 Å². The predicted molar refractivity (Wildman–Crippen MR) is 60.1 cm³/mol. The molecule has 0 atom stereocenters. The summed E-state index contributed by atoms with van der Waals surface area (Å²) in [7, 11) is 0. The fourth-order valence-electron chi connectivity index (χ4n) is 2.07. The molecule has 0 aliphatic heterocycles. The number of rotatable bonds is 0. The number of carbonyl (C=O) groups is 2. The van der Waals surface area contributed by atoms with E-state index >= 15 is 0 Å². The predicted octanol–water partition coefficient (Wildman–Crippen LogP) is 1.90. The minimum atomic E-state index is -0.668. The molecule has 0 N–H and O–H groups in total. The van der Waals surface area contributed by atoms with Gasteiger partial charge >= 0.3 is 0 Å². The summed E-state index contributed by atoms with van der Waals surface area (Å²) >= 11 is 0.